The highest BCUT2D eigenvalue weighted by Crippen LogP contribution is 2.22. The van der Waals surface area contributed by atoms with Crippen LogP contribution >= 0.6 is 27.3 Å². The van der Waals surface area contributed by atoms with Crippen molar-refractivity contribution in [3.05, 3.63) is 20.8 Å². The zero-order valence-corrected chi connectivity index (χ0v) is 11.3. The first kappa shape index (κ1) is 12.7. The van der Waals surface area contributed by atoms with E-state index in [4.69, 9.17) is 5.73 Å². The summed E-state index contributed by atoms with van der Waals surface area (Å²) in [5, 5.41) is 2.08. The van der Waals surface area contributed by atoms with Crippen molar-refractivity contribution in [1.29, 1.82) is 0 Å². The molecule has 1 amide bonds. The summed E-state index contributed by atoms with van der Waals surface area (Å²) in [4.78, 5) is 13.1. The van der Waals surface area contributed by atoms with E-state index in [2.05, 4.69) is 27.4 Å². The first-order valence-electron chi connectivity index (χ1n) is 4.77. The van der Waals surface area contributed by atoms with Gasteiger partial charge in [0, 0.05) is 6.54 Å². The molecule has 0 aromatic carbocycles. The number of likely N-dealkylation sites (N-methyl/N-ethyl adjacent to an activating group) is 1. The zero-order chi connectivity index (χ0) is 11.4. The first-order valence-corrected chi connectivity index (χ1v) is 6.44. The van der Waals surface area contributed by atoms with Gasteiger partial charge < -0.3 is 5.73 Å². The number of halogens is 1. The third kappa shape index (κ3) is 3.59. The number of carbonyl (C=O) groups excluding carboxylic acids is 1. The van der Waals surface area contributed by atoms with Crippen LogP contribution in [0.5, 0.6) is 0 Å². The summed E-state index contributed by atoms with van der Waals surface area (Å²) < 4.78 is 1.11. The summed E-state index contributed by atoms with van der Waals surface area (Å²) in [7, 11) is 1.92. The van der Waals surface area contributed by atoms with Crippen LogP contribution in [0.1, 0.15) is 18.9 Å². The van der Waals surface area contributed by atoms with Crippen LogP contribution in [0.3, 0.4) is 0 Å². The molecular weight excluding hydrogens is 276 g/mol. The first-order chi connectivity index (χ1) is 7.04. The maximum absolute atomic E-state index is 11.1. The molecule has 84 valence electrons. The molecule has 1 unspecified atom stereocenters. The smallest absolute Gasteiger partial charge is 0.234 e. The minimum absolute atomic E-state index is 0.177. The highest BCUT2D eigenvalue weighted by Gasteiger charge is 2.18. The molecule has 0 saturated heterocycles. The third-order valence-electron chi connectivity index (χ3n) is 2.30. The Kier molecular flexibility index (Phi) is 4.76. The van der Waals surface area contributed by atoms with Gasteiger partial charge in [0.1, 0.15) is 0 Å². The van der Waals surface area contributed by atoms with Gasteiger partial charge in [0.25, 0.3) is 0 Å². The summed E-state index contributed by atoms with van der Waals surface area (Å²) in [6.07, 6.45) is 0.747. The standard InChI is InChI=1S/C10H15BrN2OS/c1-3-8(10(12)14)13(2)5-7-4-9(11)15-6-7/h4,6,8H,3,5H2,1-2H3,(H2,12,14). The van der Waals surface area contributed by atoms with Gasteiger partial charge in [-0.25, -0.2) is 0 Å². The van der Waals surface area contributed by atoms with Crippen molar-refractivity contribution in [1.82, 2.24) is 4.90 Å². The summed E-state index contributed by atoms with van der Waals surface area (Å²) in [5.74, 6) is -0.255. The Morgan fingerprint density at radius 3 is 2.80 bits per heavy atom. The summed E-state index contributed by atoms with van der Waals surface area (Å²) in [6, 6.07) is 1.89. The molecule has 3 nitrogen and oxygen atoms in total. The average Bonchev–Trinajstić information content (AvgIpc) is 2.51. The lowest BCUT2D eigenvalue weighted by molar-refractivity contribution is -0.123. The van der Waals surface area contributed by atoms with E-state index in [1.165, 1.54) is 5.56 Å². The fourth-order valence-corrected chi connectivity index (χ4v) is 2.76. The molecule has 0 fully saturated rings. The Hall–Kier alpha value is -0.390. The van der Waals surface area contributed by atoms with Crippen molar-refractivity contribution >= 4 is 33.2 Å². The van der Waals surface area contributed by atoms with Crippen molar-refractivity contribution in [2.24, 2.45) is 5.73 Å². The molecule has 0 radical (unpaired) electrons. The van der Waals surface area contributed by atoms with Crippen LogP contribution in [0.15, 0.2) is 15.2 Å². The Bertz CT molecular complexity index is 340. The van der Waals surface area contributed by atoms with Crippen molar-refractivity contribution in [2.45, 2.75) is 25.9 Å². The van der Waals surface area contributed by atoms with Crippen LogP contribution < -0.4 is 5.73 Å². The lowest BCUT2D eigenvalue weighted by Crippen LogP contribution is -2.41. The SMILES string of the molecule is CCC(C(N)=O)N(C)Cc1csc(Br)c1. The molecule has 1 heterocycles. The van der Waals surface area contributed by atoms with Crippen molar-refractivity contribution in [2.75, 3.05) is 7.05 Å². The predicted octanol–water partition coefficient (Wildman–Crippen LogP) is 2.21. The minimum atomic E-state index is -0.255. The van der Waals surface area contributed by atoms with Gasteiger partial charge in [0.15, 0.2) is 0 Å². The second kappa shape index (κ2) is 5.63. The number of thiophene rings is 1. The third-order valence-corrected chi connectivity index (χ3v) is 3.85. The van der Waals surface area contributed by atoms with E-state index >= 15 is 0 Å². The molecular formula is C10H15BrN2OS. The van der Waals surface area contributed by atoms with E-state index in [0.29, 0.717) is 0 Å². The fourth-order valence-electron chi connectivity index (χ4n) is 1.56. The largest absolute Gasteiger partial charge is 0.368 e. The molecule has 1 aromatic heterocycles. The number of rotatable bonds is 5. The summed E-state index contributed by atoms with van der Waals surface area (Å²) in [5.41, 5.74) is 6.52. The maximum Gasteiger partial charge on any atom is 0.234 e. The van der Waals surface area contributed by atoms with E-state index in [1.54, 1.807) is 11.3 Å². The van der Waals surface area contributed by atoms with E-state index in [1.807, 2.05) is 18.9 Å². The van der Waals surface area contributed by atoms with E-state index in [9.17, 15) is 4.79 Å². The van der Waals surface area contributed by atoms with Gasteiger partial charge >= 0.3 is 0 Å². The van der Waals surface area contributed by atoms with Gasteiger partial charge in [-0.3, -0.25) is 9.69 Å². The Balaban J connectivity index is 2.61. The van der Waals surface area contributed by atoms with E-state index in [0.717, 1.165) is 16.8 Å². The molecule has 0 aliphatic heterocycles. The number of carbonyl (C=O) groups is 1. The zero-order valence-electron chi connectivity index (χ0n) is 8.87. The van der Waals surface area contributed by atoms with Crippen LogP contribution in [0.2, 0.25) is 0 Å². The van der Waals surface area contributed by atoms with E-state index in [-0.39, 0.29) is 11.9 Å². The second-order valence-corrected chi connectivity index (χ2v) is 5.79. The van der Waals surface area contributed by atoms with Gasteiger partial charge in [-0.05, 0) is 46.4 Å². The minimum Gasteiger partial charge on any atom is -0.368 e. The lowest BCUT2D eigenvalue weighted by atomic mass is 10.2. The average molecular weight is 291 g/mol. The molecule has 1 rings (SSSR count). The normalized spacial score (nSPS) is 13.1. The molecule has 5 heteroatoms. The molecule has 0 saturated carbocycles. The molecule has 0 aliphatic carbocycles. The van der Waals surface area contributed by atoms with Crippen molar-refractivity contribution in [3.8, 4) is 0 Å². The highest BCUT2D eigenvalue weighted by atomic mass is 79.9. The van der Waals surface area contributed by atoms with Gasteiger partial charge in [-0.15, -0.1) is 11.3 Å². The second-order valence-electron chi connectivity index (χ2n) is 3.50. The van der Waals surface area contributed by atoms with Crippen LogP contribution in [-0.4, -0.2) is 23.9 Å². The van der Waals surface area contributed by atoms with Gasteiger partial charge in [-0.1, -0.05) is 6.92 Å². The molecule has 0 spiro atoms. The maximum atomic E-state index is 11.1. The number of amides is 1. The number of nitrogens with two attached hydrogens (primary N) is 1. The molecule has 0 bridgehead atoms. The van der Waals surface area contributed by atoms with Crippen LogP contribution in [0.4, 0.5) is 0 Å². The summed E-state index contributed by atoms with van der Waals surface area (Å²) in [6.45, 7) is 2.72. The number of nitrogens with zero attached hydrogens (tertiary/aromatic N) is 1. The van der Waals surface area contributed by atoms with Gasteiger partial charge in [0.2, 0.25) is 5.91 Å². The lowest BCUT2D eigenvalue weighted by Gasteiger charge is -2.23. The number of primary amides is 1. The highest BCUT2D eigenvalue weighted by molar-refractivity contribution is 9.11. The molecule has 1 atom stereocenters. The number of hydrogen-bond acceptors (Lipinski definition) is 3. The molecule has 15 heavy (non-hydrogen) atoms. The monoisotopic (exact) mass is 290 g/mol. The van der Waals surface area contributed by atoms with Crippen LogP contribution in [0.25, 0.3) is 0 Å². The molecule has 0 aliphatic rings. The van der Waals surface area contributed by atoms with Crippen molar-refractivity contribution in [3.63, 3.8) is 0 Å². The topological polar surface area (TPSA) is 46.3 Å². The predicted molar refractivity (Wildman–Crippen MR) is 66.8 cm³/mol. The van der Waals surface area contributed by atoms with Crippen LogP contribution in [-0.2, 0) is 11.3 Å². The number of hydrogen-bond donors (Lipinski definition) is 1. The van der Waals surface area contributed by atoms with Gasteiger partial charge in [-0.2, -0.15) is 0 Å². The quantitative estimate of drug-likeness (QED) is 0.904. The fraction of sp³-hybridized carbons (Fsp3) is 0.500. The molecule has 2 N–H and O–H groups in total. The van der Waals surface area contributed by atoms with Crippen LogP contribution in [0, 0.1) is 0 Å². The molecule has 1 aromatic rings. The Morgan fingerprint density at radius 2 is 2.40 bits per heavy atom. The summed E-state index contributed by atoms with van der Waals surface area (Å²) >= 11 is 5.06. The van der Waals surface area contributed by atoms with Crippen molar-refractivity contribution < 1.29 is 4.79 Å². The Morgan fingerprint density at radius 1 is 1.73 bits per heavy atom. The van der Waals surface area contributed by atoms with Gasteiger partial charge in [0.05, 0.1) is 9.83 Å². The Labute approximate surface area is 102 Å². The van der Waals surface area contributed by atoms with E-state index < -0.39 is 0 Å².